The van der Waals surface area contributed by atoms with Gasteiger partial charge in [0.2, 0.25) is 0 Å². The molecule has 0 radical (unpaired) electrons. The van der Waals surface area contributed by atoms with Gasteiger partial charge in [-0.2, -0.15) is 0 Å². The molecule has 0 aliphatic rings. The van der Waals surface area contributed by atoms with Crippen molar-refractivity contribution in [2.24, 2.45) is 0 Å². The zero-order valence-electron chi connectivity index (χ0n) is 9.51. The van der Waals surface area contributed by atoms with Gasteiger partial charge in [-0.3, -0.25) is 0 Å². The second-order valence-electron chi connectivity index (χ2n) is 3.96. The number of rotatable bonds is 2. The molecule has 2 nitrogen and oxygen atoms in total. The maximum absolute atomic E-state index is 9.78. The number of benzene rings is 2. The van der Waals surface area contributed by atoms with Gasteiger partial charge in [-0.1, -0.05) is 30.3 Å². The third kappa shape index (κ3) is 2.01. The third-order valence-electron chi connectivity index (χ3n) is 2.58. The van der Waals surface area contributed by atoms with Crippen LogP contribution in [-0.4, -0.2) is 19.2 Å². The molecule has 0 aliphatic heterocycles. The third-order valence-corrected chi connectivity index (χ3v) is 2.58. The molecule has 0 amide bonds. The monoisotopic (exact) mass is 213 g/mol. The summed E-state index contributed by atoms with van der Waals surface area (Å²) in [4.78, 5) is 2.05. The summed E-state index contributed by atoms with van der Waals surface area (Å²) in [6.07, 6.45) is 0. The number of para-hydroxylation sites is 1. The zero-order chi connectivity index (χ0) is 11.5. The number of nitrogens with zero attached hydrogens (tertiary/aromatic N) is 1. The lowest BCUT2D eigenvalue weighted by molar-refractivity contribution is 0.477. The first kappa shape index (κ1) is 10.6. The van der Waals surface area contributed by atoms with Crippen LogP contribution >= 0.6 is 0 Å². The van der Waals surface area contributed by atoms with E-state index in [9.17, 15) is 5.11 Å². The minimum Gasteiger partial charge on any atom is -0.507 e. The quantitative estimate of drug-likeness (QED) is 0.828. The molecule has 0 fully saturated rings. The maximum Gasteiger partial charge on any atom is 0.123 e. The maximum atomic E-state index is 9.78. The standard InChI is InChI=1S/C14H15NO/c1-15(2)12-7-5-6-11(10-12)13-8-3-4-9-14(13)16/h3-10,16H,1-2H3. The second kappa shape index (κ2) is 4.27. The van der Waals surface area contributed by atoms with Crippen molar-refractivity contribution in [1.82, 2.24) is 0 Å². The van der Waals surface area contributed by atoms with E-state index in [4.69, 9.17) is 0 Å². The fourth-order valence-electron chi connectivity index (χ4n) is 1.67. The van der Waals surface area contributed by atoms with Crippen LogP contribution in [0.5, 0.6) is 5.75 Å². The smallest absolute Gasteiger partial charge is 0.123 e. The van der Waals surface area contributed by atoms with Crippen LogP contribution in [0.2, 0.25) is 0 Å². The van der Waals surface area contributed by atoms with Crippen LogP contribution in [0.3, 0.4) is 0 Å². The Morgan fingerprint density at radius 3 is 2.38 bits per heavy atom. The molecule has 0 spiro atoms. The summed E-state index contributed by atoms with van der Waals surface area (Å²) < 4.78 is 0. The van der Waals surface area contributed by atoms with Gasteiger partial charge in [-0.25, -0.2) is 0 Å². The summed E-state index contributed by atoms with van der Waals surface area (Å²) in [5, 5.41) is 9.78. The molecule has 0 aliphatic carbocycles. The van der Waals surface area contributed by atoms with Crippen molar-refractivity contribution in [1.29, 1.82) is 0 Å². The fourth-order valence-corrected chi connectivity index (χ4v) is 1.67. The molecule has 2 aromatic rings. The van der Waals surface area contributed by atoms with Gasteiger partial charge >= 0.3 is 0 Å². The van der Waals surface area contributed by atoms with Gasteiger partial charge in [0.1, 0.15) is 5.75 Å². The Morgan fingerprint density at radius 2 is 1.69 bits per heavy atom. The molecule has 0 aromatic heterocycles. The Labute approximate surface area is 95.8 Å². The summed E-state index contributed by atoms with van der Waals surface area (Å²) in [5.74, 6) is 0.318. The molecule has 0 unspecified atom stereocenters. The molecule has 1 N–H and O–H groups in total. The highest BCUT2D eigenvalue weighted by atomic mass is 16.3. The van der Waals surface area contributed by atoms with E-state index >= 15 is 0 Å². The summed E-state index contributed by atoms with van der Waals surface area (Å²) in [6, 6.07) is 15.5. The first-order valence-corrected chi connectivity index (χ1v) is 5.24. The van der Waals surface area contributed by atoms with Crippen molar-refractivity contribution >= 4 is 5.69 Å². The molecule has 0 saturated heterocycles. The molecule has 2 heteroatoms. The number of phenolic OH excluding ortho intramolecular Hbond substituents is 1. The topological polar surface area (TPSA) is 23.5 Å². The summed E-state index contributed by atoms with van der Waals surface area (Å²) in [7, 11) is 4.01. The molecule has 0 saturated carbocycles. The molecule has 2 aromatic carbocycles. The number of aromatic hydroxyl groups is 1. The van der Waals surface area contributed by atoms with E-state index in [2.05, 4.69) is 6.07 Å². The highest BCUT2D eigenvalue weighted by Gasteiger charge is 2.04. The predicted molar refractivity (Wildman–Crippen MR) is 67.9 cm³/mol. The van der Waals surface area contributed by atoms with E-state index < -0.39 is 0 Å². The Balaban J connectivity index is 2.49. The predicted octanol–water partition coefficient (Wildman–Crippen LogP) is 3.13. The van der Waals surface area contributed by atoms with Crippen molar-refractivity contribution < 1.29 is 5.11 Å². The lowest BCUT2D eigenvalue weighted by Crippen LogP contribution is -2.08. The van der Waals surface area contributed by atoms with Gasteiger partial charge in [0, 0.05) is 25.3 Å². The molecule has 2 rings (SSSR count). The van der Waals surface area contributed by atoms with Crippen LogP contribution in [0, 0.1) is 0 Å². The number of anilines is 1. The van der Waals surface area contributed by atoms with Gasteiger partial charge in [-0.05, 0) is 23.8 Å². The fraction of sp³-hybridized carbons (Fsp3) is 0.143. The molecule has 0 atom stereocenters. The van der Waals surface area contributed by atoms with Gasteiger partial charge in [-0.15, -0.1) is 0 Å². The molecule has 82 valence electrons. The second-order valence-corrected chi connectivity index (χ2v) is 3.96. The highest BCUT2D eigenvalue weighted by Crippen LogP contribution is 2.30. The lowest BCUT2D eigenvalue weighted by Gasteiger charge is -2.14. The lowest BCUT2D eigenvalue weighted by atomic mass is 10.0. The highest BCUT2D eigenvalue weighted by molar-refractivity contribution is 5.73. The number of hydrogen-bond acceptors (Lipinski definition) is 2. The van der Waals surface area contributed by atoms with Gasteiger partial charge in [0.05, 0.1) is 0 Å². The van der Waals surface area contributed by atoms with Gasteiger partial charge in [0.15, 0.2) is 0 Å². The normalized spacial score (nSPS) is 10.1. The average Bonchev–Trinajstić information content (AvgIpc) is 2.30. The summed E-state index contributed by atoms with van der Waals surface area (Å²) in [6.45, 7) is 0. The van der Waals surface area contributed by atoms with Gasteiger partial charge < -0.3 is 10.0 Å². The Bertz CT molecular complexity index is 492. The first-order valence-electron chi connectivity index (χ1n) is 5.24. The van der Waals surface area contributed by atoms with Crippen molar-refractivity contribution in [2.75, 3.05) is 19.0 Å². The summed E-state index contributed by atoms with van der Waals surface area (Å²) in [5.41, 5.74) is 3.02. The van der Waals surface area contributed by atoms with E-state index in [1.807, 2.05) is 55.4 Å². The zero-order valence-corrected chi connectivity index (χ0v) is 9.51. The molecular formula is C14H15NO. The molecule has 0 bridgehead atoms. The summed E-state index contributed by atoms with van der Waals surface area (Å²) >= 11 is 0. The first-order chi connectivity index (χ1) is 7.68. The van der Waals surface area contributed by atoms with Crippen LogP contribution in [-0.2, 0) is 0 Å². The van der Waals surface area contributed by atoms with Crippen LogP contribution in [0.1, 0.15) is 0 Å². The van der Waals surface area contributed by atoms with Crippen molar-refractivity contribution in [2.45, 2.75) is 0 Å². The Kier molecular flexibility index (Phi) is 2.82. The molecule has 16 heavy (non-hydrogen) atoms. The Morgan fingerprint density at radius 1 is 0.938 bits per heavy atom. The minimum absolute atomic E-state index is 0.318. The largest absolute Gasteiger partial charge is 0.507 e. The molecular weight excluding hydrogens is 198 g/mol. The van der Waals surface area contributed by atoms with E-state index in [-0.39, 0.29) is 0 Å². The van der Waals surface area contributed by atoms with Crippen molar-refractivity contribution in [3.8, 4) is 16.9 Å². The van der Waals surface area contributed by atoms with Crippen LogP contribution in [0.4, 0.5) is 5.69 Å². The van der Waals surface area contributed by atoms with E-state index in [0.717, 1.165) is 16.8 Å². The van der Waals surface area contributed by atoms with Crippen molar-refractivity contribution in [3.05, 3.63) is 48.5 Å². The van der Waals surface area contributed by atoms with Crippen LogP contribution < -0.4 is 4.90 Å². The van der Waals surface area contributed by atoms with Gasteiger partial charge in [0.25, 0.3) is 0 Å². The van der Waals surface area contributed by atoms with E-state index in [1.54, 1.807) is 6.07 Å². The number of hydrogen-bond donors (Lipinski definition) is 1. The minimum atomic E-state index is 0.318. The Hall–Kier alpha value is -1.96. The van der Waals surface area contributed by atoms with Crippen molar-refractivity contribution in [3.63, 3.8) is 0 Å². The average molecular weight is 213 g/mol. The SMILES string of the molecule is CN(C)c1cccc(-c2ccccc2O)c1. The number of phenols is 1. The van der Waals surface area contributed by atoms with Crippen LogP contribution in [0.25, 0.3) is 11.1 Å². The molecule has 0 heterocycles. The van der Waals surface area contributed by atoms with E-state index in [0.29, 0.717) is 5.75 Å². The van der Waals surface area contributed by atoms with Crippen LogP contribution in [0.15, 0.2) is 48.5 Å². The van der Waals surface area contributed by atoms with E-state index in [1.165, 1.54) is 0 Å².